The summed E-state index contributed by atoms with van der Waals surface area (Å²) in [6.07, 6.45) is 5.98. The van der Waals surface area contributed by atoms with Gasteiger partial charge < -0.3 is 9.84 Å². The number of carbonyl (C=O) groups excluding carboxylic acids is 1. The maximum Gasteiger partial charge on any atom is 0.273 e. The average molecular weight is 305 g/mol. The molecule has 1 atom stereocenters. The molecular weight excluding hydrogens is 290 g/mol. The fraction of sp³-hybridized carbons (Fsp3) is 0.385. The van der Waals surface area contributed by atoms with Crippen LogP contribution in [0.2, 0.25) is 0 Å². The minimum Gasteiger partial charge on any atom is -0.360 e. The van der Waals surface area contributed by atoms with Crippen molar-refractivity contribution in [2.45, 2.75) is 18.9 Å². The van der Waals surface area contributed by atoms with Crippen LogP contribution in [0, 0.1) is 0 Å². The van der Waals surface area contributed by atoms with Crippen LogP contribution in [0.4, 0.5) is 0 Å². The first-order chi connectivity index (χ1) is 10.3. The van der Waals surface area contributed by atoms with Crippen molar-refractivity contribution in [3.8, 4) is 0 Å². The molecule has 2 aromatic heterocycles. The molecule has 1 aliphatic heterocycles. The first-order valence-electron chi connectivity index (χ1n) is 6.68. The maximum atomic E-state index is 11.9. The standard InChI is InChI=1S/C13H15N5O2S/c19-13(15-3-1-4-18-9-14-8-16-18)11-6-12(20-17-11)10-2-5-21-7-10/h2,5-6,8-10H,1,3-4,7H2,(H,15,19). The lowest BCUT2D eigenvalue weighted by Crippen LogP contribution is -2.25. The molecule has 0 saturated carbocycles. The van der Waals surface area contributed by atoms with E-state index in [1.165, 1.54) is 6.33 Å². The van der Waals surface area contributed by atoms with E-state index in [4.69, 9.17) is 4.52 Å². The summed E-state index contributed by atoms with van der Waals surface area (Å²) in [5, 5.41) is 12.7. The molecule has 110 valence electrons. The highest BCUT2D eigenvalue weighted by Gasteiger charge is 2.19. The summed E-state index contributed by atoms with van der Waals surface area (Å²) in [5.74, 6) is 1.69. The zero-order chi connectivity index (χ0) is 14.5. The van der Waals surface area contributed by atoms with E-state index in [1.807, 2.05) is 5.41 Å². The molecule has 0 aliphatic carbocycles. The topological polar surface area (TPSA) is 85.8 Å². The lowest BCUT2D eigenvalue weighted by molar-refractivity contribution is 0.0943. The molecule has 3 rings (SSSR count). The smallest absolute Gasteiger partial charge is 0.273 e. The predicted octanol–water partition coefficient (Wildman–Crippen LogP) is 1.43. The Morgan fingerprint density at radius 1 is 1.57 bits per heavy atom. The number of thioether (sulfide) groups is 1. The summed E-state index contributed by atoms with van der Waals surface area (Å²) < 4.78 is 6.96. The molecule has 21 heavy (non-hydrogen) atoms. The normalized spacial score (nSPS) is 17.2. The van der Waals surface area contributed by atoms with Gasteiger partial charge in [0.05, 0.1) is 0 Å². The lowest BCUT2D eigenvalue weighted by atomic mass is 10.1. The number of aromatic nitrogens is 4. The number of carbonyl (C=O) groups is 1. The van der Waals surface area contributed by atoms with E-state index >= 15 is 0 Å². The Labute approximate surface area is 125 Å². The highest BCUT2D eigenvalue weighted by molar-refractivity contribution is 8.02. The van der Waals surface area contributed by atoms with Gasteiger partial charge in [-0.1, -0.05) is 11.2 Å². The van der Waals surface area contributed by atoms with Crippen LogP contribution < -0.4 is 5.32 Å². The van der Waals surface area contributed by atoms with Crippen molar-refractivity contribution in [1.29, 1.82) is 0 Å². The van der Waals surface area contributed by atoms with Crippen LogP contribution in [-0.4, -0.2) is 38.1 Å². The third-order valence-electron chi connectivity index (χ3n) is 3.13. The molecule has 1 unspecified atom stereocenters. The molecule has 0 saturated heterocycles. The summed E-state index contributed by atoms with van der Waals surface area (Å²) in [6.45, 7) is 1.27. The van der Waals surface area contributed by atoms with E-state index in [1.54, 1.807) is 28.8 Å². The van der Waals surface area contributed by atoms with Gasteiger partial charge in [0.25, 0.3) is 5.91 Å². The predicted molar refractivity (Wildman–Crippen MR) is 77.8 cm³/mol. The molecule has 1 amide bonds. The maximum absolute atomic E-state index is 11.9. The van der Waals surface area contributed by atoms with Crippen molar-refractivity contribution in [2.24, 2.45) is 0 Å². The van der Waals surface area contributed by atoms with Crippen LogP contribution in [-0.2, 0) is 6.54 Å². The van der Waals surface area contributed by atoms with Gasteiger partial charge in [-0.2, -0.15) is 5.10 Å². The zero-order valence-electron chi connectivity index (χ0n) is 11.3. The monoisotopic (exact) mass is 305 g/mol. The summed E-state index contributed by atoms with van der Waals surface area (Å²) in [5.41, 5.74) is 0.330. The Morgan fingerprint density at radius 2 is 2.52 bits per heavy atom. The largest absolute Gasteiger partial charge is 0.360 e. The SMILES string of the molecule is O=C(NCCCn1cncn1)c1cc(C2C=CSC2)on1. The number of amides is 1. The molecule has 0 radical (unpaired) electrons. The number of nitrogens with zero attached hydrogens (tertiary/aromatic N) is 4. The van der Waals surface area contributed by atoms with E-state index < -0.39 is 0 Å². The molecule has 8 heteroatoms. The van der Waals surface area contributed by atoms with E-state index in [0.29, 0.717) is 18.8 Å². The van der Waals surface area contributed by atoms with Crippen molar-refractivity contribution >= 4 is 17.7 Å². The van der Waals surface area contributed by atoms with Crippen LogP contribution >= 0.6 is 11.8 Å². The molecule has 0 bridgehead atoms. The molecule has 0 aromatic carbocycles. The number of hydrogen-bond acceptors (Lipinski definition) is 6. The van der Waals surface area contributed by atoms with Gasteiger partial charge >= 0.3 is 0 Å². The summed E-state index contributed by atoms with van der Waals surface area (Å²) in [7, 11) is 0. The van der Waals surface area contributed by atoms with Crippen molar-refractivity contribution in [1.82, 2.24) is 25.2 Å². The van der Waals surface area contributed by atoms with Gasteiger partial charge in [0, 0.05) is 30.8 Å². The quantitative estimate of drug-likeness (QED) is 0.813. The molecule has 7 nitrogen and oxygen atoms in total. The lowest BCUT2D eigenvalue weighted by Gasteiger charge is -2.02. The van der Waals surface area contributed by atoms with Gasteiger partial charge in [0.1, 0.15) is 18.4 Å². The van der Waals surface area contributed by atoms with Crippen molar-refractivity contribution < 1.29 is 9.32 Å². The van der Waals surface area contributed by atoms with Gasteiger partial charge in [-0.25, -0.2) is 4.98 Å². The van der Waals surface area contributed by atoms with E-state index in [2.05, 4.69) is 26.6 Å². The van der Waals surface area contributed by atoms with Crippen molar-refractivity contribution in [3.63, 3.8) is 0 Å². The number of hydrogen-bond donors (Lipinski definition) is 1. The Morgan fingerprint density at radius 3 is 3.29 bits per heavy atom. The van der Waals surface area contributed by atoms with E-state index in [-0.39, 0.29) is 11.8 Å². The average Bonchev–Trinajstić information content (AvgIpc) is 3.25. The zero-order valence-corrected chi connectivity index (χ0v) is 12.1. The van der Waals surface area contributed by atoms with Crippen molar-refractivity contribution in [3.05, 3.63) is 41.7 Å². The highest BCUT2D eigenvalue weighted by Crippen LogP contribution is 2.29. The number of allylic oxidation sites excluding steroid dienone is 1. The van der Waals surface area contributed by atoms with E-state index in [0.717, 1.165) is 17.9 Å². The van der Waals surface area contributed by atoms with Gasteiger partial charge in [0.2, 0.25) is 0 Å². The number of aryl methyl sites for hydroxylation is 1. The van der Waals surface area contributed by atoms with Gasteiger partial charge in [-0.3, -0.25) is 9.48 Å². The molecule has 3 heterocycles. The fourth-order valence-electron chi connectivity index (χ4n) is 1.99. The Kier molecular flexibility index (Phi) is 4.34. The first kappa shape index (κ1) is 13.9. The summed E-state index contributed by atoms with van der Waals surface area (Å²) >= 11 is 1.73. The second-order valence-corrected chi connectivity index (χ2v) is 5.59. The third kappa shape index (κ3) is 3.52. The van der Waals surface area contributed by atoms with Crippen molar-refractivity contribution in [2.75, 3.05) is 12.3 Å². The van der Waals surface area contributed by atoms with Crippen LogP contribution in [0.5, 0.6) is 0 Å². The second-order valence-electron chi connectivity index (χ2n) is 4.65. The third-order valence-corrected chi connectivity index (χ3v) is 4.03. The van der Waals surface area contributed by atoms with Crippen LogP contribution in [0.1, 0.15) is 28.6 Å². The van der Waals surface area contributed by atoms with Gasteiger partial charge in [-0.05, 0) is 11.8 Å². The van der Waals surface area contributed by atoms with Gasteiger partial charge in [0.15, 0.2) is 5.69 Å². The summed E-state index contributed by atoms with van der Waals surface area (Å²) in [6, 6.07) is 1.72. The Balaban J connectivity index is 1.45. The van der Waals surface area contributed by atoms with E-state index in [9.17, 15) is 4.79 Å². The molecular formula is C13H15N5O2S. The highest BCUT2D eigenvalue weighted by atomic mass is 32.2. The van der Waals surface area contributed by atoms with Crippen LogP contribution in [0.15, 0.2) is 34.7 Å². The number of rotatable bonds is 6. The summed E-state index contributed by atoms with van der Waals surface area (Å²) in [4.78, 5) is 15.8. The second kappa shape index (κ2) is 6.57. The first-order valence-corrected chi connectivity index (χ1v) is 7.73. The van der Waals surface area contributed by atoms with Crippen LogP contribution in [0.25, 0.3) is 0 Å². The molecule has 1 N–H and O–H groups in total. The Hall–Kier alpha value is -2.09. The minimum absolute atomic E-state index is 0.210. The molecule has 2 aromatic rings. The minimum atomic E-state index is -0.210. The fourth-order valence-corrected chi connectivity index (χ4v) is 2.89. The molecule has 1 aliphatic rings. The van der Waals surface area contributed by atoms with Gasteiger partial charge in [-0.15, -0.1) is 11.8 Å². The molecule has 0 fully saturated rings. The number of nitrogens with one attached hydrogen (secondary N) is 1. The van der Waals surface area contributed by atoms with Crippen LogP contribution in [0.3, 0.4) is 0 Å². The Bertz CT molecular complexity index is 622. The molecule has 0 spiro atoms.